The van der Waals surface area contributed by atoms with E-state index < -0.39 is 17.5 Å². The second-order valence-corrected chi connectivity index (χ2v) is 12.3. The maximum Gasteiger partial charge on any atom is 1.00 e. The first kappa shape index (κ1) is 33.4. The minimum Gasteiger partial charge on any atom is -0.870 e. The van der Waals surface area contributed by atoms with E-state index in [2.05, 4.69) is 9.88 Å². The average molecular weight is 597 g/mol. The zero-order chi connectivity index (χ0) is 29.6. The van der Waals surface area contributed by atoms with Crippen molar-refractivity contribution in [3.63, 3.8) is 0 Å². The molecule has 10 nitrogen and oxygen atoms in total. The van der Waals surface area contributed by atoms with E-state index in [1.54, 1.807) is 17.3 Å². The molecule has 4 heterocycles. The molecule has 0 aliphatic carbocycles. The molecule has 6 rings (SSSR count). The van der Waals surface area contributed by atoms with E-state index in [0.29, 0.717) is 29.9 Å². The number of rotatable bonds is 6. The van der Waals surface area contributed by atoms with Crippen molar-refractivity contribution in [2.75, 3.05) is 26.2 Å². The third kappa shape index (κ3) is 6.61. The Kier molecular flexibility index (Phi) is 10.1. The Bertz CT molecular complexity index is 1530. The van der Waals surface area contributed by atoms with Gasteiger partial charge in [-0.25, -0.2) is 20.5 Å². The van der Waals surface area contributed by atoms with E-state index in [4.69, 9.17) is 4.74 Å². The molecule has 0 bridgehead atoms. The number of imidazole rings is 1. The molecule has 1 N–H and O–H groups in total. The van der Waals surface area contributed by atoms with Crippen molar-refractivity contribution in [2.45, 2.75) is 64.9 Å². The van der Waals surface area contributed by atoms with Crippen LogP contribution in [0.2, 0.25) is 0 Å². The number of ether oxygens (including phenoxy) is 1. The van der Waals surface area contributed by atoms with Gasteiger partial charge in [0.05, 0.1) is 12.0 Å². The van der Waals surface area contributed by atoms with Crippen LogP contribution in [0, 0.1) is 5.82 Å². The normalized spacial score (nSPS) is 17.0. The van der Waals surface area contributed by atoms with Crippen LogP contribution < -0.4 is 18.9 Å². The number of aromatic nitrogens is 2. The van der Waals surface area contributed by atoms with Crippen LogP contribution in [0.1, 0.15) is 66.1 Å². The Morgan fingerprint density at radius 2 is 1.77 bits per heavy atom. The predicted octanol–water partition coefficient (Wildman–Crippen LogP) is 1.32. The molecule has 2 aromatic carbocycles. The number of halogens is 1. The van der Waals surface area contributed by atoms with Crippen LogP contribution >= 0.6 is 0 Å². The fourth-order valence-electron chi connectivity index (χ4n) is 6.04. The maximum atomic E-state index is 15.3. The van der Waals surface area contributed by atoms with Crippen LogP contribution in [-0.2, 0) is 35.6 Å². The van der Waals surface area contributed by atoms with Crippen molar-refractivity contribution in [3.8, 4) is 11.1 Å². The zero-order valence-electron chi connectivity index (χ0n) is 25.7. The molecule has 3 aromatic rings. The molecule has 1 atom stereocenters. The standard InChI is InChI=1S/C32H35FN5O4.Li.H2O/c1-32(2,3)42-31(41)36-13-11-35(12-14-36)17-21-6-8-22(9-7-21)23-15-24-25(26(33)16-23)18-38(30(24)40)28(19-39)29-27-5-4-10-37(27)20-34-29;;/h6-9,15-16,20,28H,4-5,10-14,17-18H2,1-3H3;;1H2/q-1;+1;/p-1. The van der Waals surface area contributed by atoms with Crippen LogP contribution in [0.5, 0.6) is 0 Å². The molecular formula is C32H36FLiN5O5-. The van der Waals surface area contributed by atoms with Gasteiger partial charge in [-0.2, -0.15) is 0 Å². The molecular weight excluding hydrogens is 560 g/mol. The van der Waals surface area contributed by atoms with Crippen LogP contribution in [-0.4, -0.2) is 79.8 Å². The largest absolute Gasteiger partial charge is 1.00 e. The van der Waals surface area contributed by atoms with Gasteiger partial charge in [0.15, 0.2) is 0 Å². The quantitative estimate of drug-likeness (QED) is 0.311. The summed E-state index contributed by atoms with van der Waals surface area (Å²) in [6.07, 6.45) is 5.16. The van der Waals surface area contributed by atoms with E-state index in [0.717, 1.165) is 55.8 Å². The number of nitrogens with zero attached hydrogens (tertiary/aromatic N) is 5. The maximum absolute atomic E-state index is 15.3. The van der Waals surface area contributed by atoms with E-state index in [1.807, 2.05) is 55.9 Å². The van der Waals surface area contributed by atoms with E-state index in [1.165, 1.54) is 11.0 Å². The number of hydrogen-bond donors (Lipinski definition) is 0. The summed E-state index contributed by atoms with van der Waals surface area (Å²) in [5, 5.41) is 0. The van der Waals surface area contributed by atoms with Gasteiger partial charge in [-0.3, -0.25) is 9.69 Å². The third-order valence-corrected chi connectivity index (χ3v) is 8.21. The number of piperazine rings is 1. The minimum absolute atomic E-state index is 0. The van der Waals surface area contributed by atoms with Crippen LogP contribution in [0.4, 0.5) is 9.18 Å². The molecule has 0 radical (unpaired) electrons. The number of hydrogen-bond acceptors (Lipinski definition) is 7. The summed E-state index contributed by atoms with van der Waals surface area (Å²) >= 11 is 0. The van der Waals surface area contributed by atoms with E-state index in [9.17, 15) is 14.4 Å². The van der Waals surface area contributed by atoms with Gasteiger partial charge < -0.3 is 29.4 Å². The first-order valence-corrected chi connectivity index (χ1v) is 14.5. The van der Waals surface area contributed by atoms with Crippen molar-refractivity contribution in [3.05, 3.63) is 76.6 Å². The fraction of sp³-hybridized carbons (Fsp3) is 0.438. The summed E-state index contributed by atoms with van der Waals surface area (Å²) in [7, 11) is 0. The van der Waals surface area contributed by atoms with Crippen LogP contribution in [0.15, 0.2) is 42.7 Å². The van der Waals surface area contributed by atoms with E-state index in [-0.39, 0.29) is 48.4 Å². The van der Waals surface area contributed by atoms with Crippen molar-refractivity contribution >= 4 is 18.3 Å². The Hall–Kier alpha value is -3.49. The fourth-order valence-corrected chi connectivity index (χ4v) is 6.04. The van der Waals surface area contributed by atoms with Crippen molar-refractivity contribution in [1.29, 1.82) is 0 Å². The molecule has 228 valence electrons. The van der Waals surface area contributed by atoms with E-state index >= 15 is 4.39 Å². The summed E-state index contributed by atoms with van der Waals surface area (Å²) < 4.78 is 22.8. The third-order valence-electron chi connectivity index (χ3n) is 8.21. The predicted molar refractivity (Wildman–Crippen MR) is 156 cm³/mol. The van der Waals surface area contributed by atoms with Crippen LogP contribution in [0.3, 0.4) is 0 Å². The molecule has 3 aliphatic rings. The topological polar surface area (TPSA) is 118 Å². The Morgan fingerprint density at radius 1 is 1.07 bits per heavy atom. The molecule has 0 spiro atoms. The number of carbonyl (C=O) groups excluding carboxylic acids is 3. The van der Waals surface area contributed by atoms with Gasteiger partial charge in [0.1, 0.15) is 11.4 Å². The SMILES string of the molecule is CC(C)(C)OC(=O)N1CCN(Cc2ccc(-c3cc(F)c4c(c3)C(=O)N(C([C-]=O)c3ncn5c3CCC5)C4)cc2)CC1.[Li+].[OH-]. The minimum atomic E-state index is -0.965. The Labute approximate surface area is 268 Å². The first-order valence-electron chi connectivity index (χ1n) is 14.5. The second-order valence-electron chi connectivity index (χ2n) is 12.3. The summed E-state index contributed by atoms with van der Waals surface area (Å²) in [5.41, 5.74) is 4.03. The number of benzene rings is 2. The van der Waals surface area contributed by atoms with Gasteiger partial charge >= 0.3 is 25.0 Å². The van der Waals surface area contributed by atoms with Crippen molar-refractivity contribution in [2.24, 2.45) is 0 Å². The molecule has 12 heteroatoms. The second kappa shape index (κ2) is 13.2. The van der Waals surface area contributed by atoms with Crippen molar-refractivity contribution < 1.29 is 47.8 Å². The van der Waals surface area contributed by atoms with Gasteiger partial charge in [0.25, 0.3) is 5.91 Å². The number of amides is 2. The molecule has 44 heavy (non-hydrogen) atoms. The van der Waals surface area contributed by atoms with Gasteiger partial charge in [-0.05, 0) is 68.5 Å². The molecule has 1 unspecified atom stereocenters. The molecule has 1 saturated heterocycles. The van der Waals surface area contributed by atoms with Gasteiger partial charge in [0.2, 0.25) is 0 Å². The molecule has 3 aliphatic heterocycles. The molecule has 1 aromatic heterocycles. The summed E-state index contributed by atoms with van der Waals surface area (Å²) in [5.74, 6) is -0.856. The smallest absolute Gasteiger partial charge is 0.870 e. The zero-order valence-corrected chi connectivity index (χ0v) is 25.7. The number of fused-ring (bicyclic) bond motifs is 2. The first-order chi connectivity index (χ1) is 20.1. The molecule has 1 fully saturated rings. The average Bonchev–Trinajstić information content (AvgIpc) is 3.66. The Balaban J connectivity index is 0.00000221. The summed E-state index contributed by atoms with van der Waals surface area (Å²) in [4.78, 5) is 47.6. The number of aryl methyl sites for hydroxylation is 1. The van der Waals surface area contributed by atoms with Crippen LogP contribution in [0.25, 0.3) is 11.1 Å². The molecule has 2 amide bonds. The van der Waals surface area contributed by atoms with Gasteiger partial charge in [-0.15, -0.1) is 0 Å². The Morgan fingerprint density at radius 3 is 2.43 bits per heavy atom. The summed E-state index contributed by atoms with van der Waals surface area (Å²) in [6.45, 7) is 9.88. The monoisotopic (exact) mass is 596 g/mol. The number of carbonyl (C=O) groups is 2. The van der Waals surface area contributed by atoms with Gasteiger partial charge in [0, 0.05) is 62.6 Å². The van der Waals surface area contributed by atoms with Crippen molar-refractivity contribution in [1.82, 2.24) is 24.3 Å². The molecule has 0 saturated carbocycles. The summed E-state index contributed by atoms with van der Waals surface area (Å²) in [6, 6.07) is 10.1. The van der Waals surface area contributed by atoms with Gasteiger partial charge in [-0.1, -0.05) is 24.3 Å².